The third-order valence-electron chi connectivity index (χ3n) is 1.48. The first kappa shape index (κ1) is 17.3. The van der Waals surface area contributed by atoms with Gasteiger partial charge in [0.2, 0.25) is 0 Å². The van der Waals surface area contributed by atoms with Gasteiger partial charge in [-0.25, -0.2) is 0 Å². The molecule has 0 aromatic heterocycles. The van der Waals surface area contributed by atoms with Crippen molar-refractivity contribution in [1.82, 2.24) is 0 Å². The molecule has 3 atom stereocenters. The zero-order chi connectivity index (χ0) is 13.1. The molecule has 16 heavy (non-hydrogen) atoms. The molecule has 0 aliphatic carbocycles. The molecule has 0 rings (SSSR count). The van der Waals surface area contributed by atoms with Crippen molar-refractivity contribution in [2.24, 2.45) is 5.73 Å². The number of nitrogens with two attached hydrogens (primary N) is 1. The van der Waals surface area contributed by atoms with Gasteiger partial charge in [0.1, 0.15) is 18.4 Å². The van der Waals surface area contributed by atoms with Crippen LogP contribution in [0.5, 0.6) is 0 Å². The molecule has 0 heterocycles. The lowest BCUT2D eigenvalue weighted by atomic mass is 10.2. The Hall–Kier alpha value is -1.06. The Bertz CT molecular complexity index is 199. The zero-order valence-electron chi connectivity index (χ0n) is 8.56. The van der Waals surface area contributed by atoms with Crippen LogP contribution in [0, 0.1) is 0 Å². The summed E-state index contributed by atoms with van der Waals surface area (Å²) in [6.07, 6.45) is -1.98. The van der Waals surface area contributed by atoms with E-state index < -0.39 is 37.4 Å². The molecule has 0 amide bonds. The van der Waals surface area contributed by atoms with Crippen LogP contribution in [0.3, 0.4) is 0 Å². The number of rotatable bonds is 6. The number of carbonyl (C=O) groups is 2. The SMILES string of the molecule is N[C@@H](CO)C(=O)O.O=CC[C@H](O)[C@H](O)CO. The highest BCUT2D eigenvalue weighted by molar-refractivity contribution is 5.73. The van der Waals surface area contributed by atoms with Gasteiger partial charge in [0.15, 0.2) is 0 Å². The third kappa shape index (κ3) is 9.49. The molecule has 0 saturated carbocycles. The van der Waals surface area contributed by atoms with Crippen molar-refractivity contribution in [2.75, 3.05) is 13.2 Å². The van der Waals surface area contributed by atoms with Gasteiger partial charge in [-0.2, -0.15) is 0 Å². The van der Waals surface area contributed by atoms with Gasteiger partial charge in [-0.05, 0) is 0 Å². The largest absolute Gasteiger partial charge is 0.480 e. The molecule has 0 aliphatic heterocycles. The van der Waals surface area contributed by atoms with Gasteiger partial charge in [0.25, 0.3) is 0 Å². The number of aliphatic carboxylic acids is 1. The minimum atomic E-state index is -1.20. The summed E-state index contributed by atoms with van der Waals surface area (Å²) in [6.45, 7) is -1.02. The van der Waals surface area contributed by atoms with E-state index in [0.717, 1.165) is 0 Å². The van der Waals surface area contributed by atoms with E-state index in [4.69, 9.17) is 31.3 Å². The van der Waals surface area contributed by atoms with Crippen molar-refractivity contribution in [2.45, 2.75) is 24.7 Å². The molecule has 8 nitrogen and oxygen atoms in total. The average Bonchev–Trinajstić information content (AvgIpc) is 2.27. The standard InChI is InChI=1S/C5H10O4.C3H7NO3/c6-2-1-4(8)5(9)3-7;4-2(1-5)3(6)7/h2,4-5,7-9H,1,3H2;2,5H,1,4H2,(H,6,7)/t4-,5+;2-/m00/s1. The molecule has 0 aromatic rings. The molecule has 96 valence electrons. The lowest BCUT2D eigenvalue weighted by molar-refractivity contribution is -0.139. The summed E-state index contributed by atoms with van der Waals surface area (Å²) in [5.74, 6) is -1.18. The number of carbonyl (C=O) groups excluding carboxylic acids is 1. The summed E-state index contributed by atoms with van der Waals surface area (Å²) in [6, 6.07) is -1.13. The summed E-state index contributed by atoms with van der Waals surface area (Å²) in [5.41, 5.74) is 4.77. The van der Waals surface area contributed by atoms with E-state index in [1.165, 1.54) is 0 Å². The van der Waals surface area contributed by atoms with Crippen LogP contribution in [-0.4, -0.2) is 69.3 Å². The van der Waals surface area contributed by atoms with Crippen LogP contribution in [0.2, 0.25) is 0 Å². The Morgan fingerprint density at radius 2 is 1.69 bits per heavy atom. The molecule has 0 spiro atoms. The number of carboxylic acids is 1. The van der Waals surface area contributed by atoms with Gasteiger partial charge >= 0.3 is 5.97 Å². The molecule has 0 saturated heterocycles. The van der Waals surface area contributed by atoms with Gasteiger partial charge in [0.05, 0.1) is 19.3 Å². The predicted molar refractivity (Wildman–Crippen MR) is 52.5 cm³/mol. The molecular formula is C8H17NO7. The van der Waals surface area contributed by atoms with E-state index in [1.54, 1.807) is 0 Å². The van der Waals surface area contributed by atoms with Crippen LogP contribution < -0.4 is 5.73 Å². The van der Waals surface area contributed by atoms with Crippen LogP contribution in [0.1, 0.15) is 6.42 Å². The van der Waals surface area contributed by atoms with Crippen LogP contribution in [0.25, 0.3) is 0 Å². The van der Waals surface area contributed by atoms with Gasteiger partial charge in [-0.1, -0.05) is 0 Å². The first-order valence-electron chi connectivity index (χ1n) is 4.40. The fourth-order valence-electron chi connectivity index (χ4n) is 0.455. The van der Waals surface area contributed by atoms with E-state index in [1.807, 2.05) is 0 Å². The normalized spacial score (nSPS) is 15.3. The lowest BCUT2D eigenvalue weighted by Gasteiger charge is -2.11. The Morgan fingerprint density at radius 1 is 1.19 bits per heavy atom. The maximum absolute atomic E-state index is 9.68. The maximum Gasteiger partial charge on any atom is 0.322 e. The number of carboxylic acid groups (broad SMARTS) is 1. The Labute approximate surface area is 91.9 Å². The van der Waals surface area contributed by atoms with Crippen molar-refractivity contribution in [1.29, 1.82) is 0 Å². The summed E-state index contributed by atoms with van der Waals surface area (Å²) in [5, 5.41) is 41.4. The highest BCUT2D eigenvalue weighted by Gasteiger charge is 2.13. The lowest BCUT2D eigenvalue weighted by Crippen LogP contribution is -2.33. The second-order valence-corrected chi connectivity index (χ2v) is 2.85. The Balaban J connectivity index is 0. The quantitative estimate of drug-likeness (QED) is 0.262. The van der Waals surface area contributed by atoms with Crippen molar-refractivity contribution in [3.63, 3.8) is 0 Å². The summed E-state index contributed by atoms with van der Waals surface area (Å²) in [7, 11) is 0. The topological polar surface area (TPSA) is 161 Å². The first-order chi connectivity index (χ1) is 7.40. The van der Waals surface area contributed by atoms with Crippen molar-refractivity contribution < 1.29 is 35.1 Å². The van der Waals surface area contributed by atoms with Crippen LogP contribution in [-0.2, 0) is 9.59 Å². The third-order valence-corrected chi connectivity index (χ3v) is 1.48. The second kappa shape index (κ2) is 10.5. The highest BCUT2D eigenvalue weighted by atomic mass is 16.4. The Kier molecular flexibility index (Phi) is 11.3. The molecular weight excluding hydrogens is 222 g/mol. The van der Waals surface area contributed by atoms with Crippen molar-refractivity contribution >= 4 is 12.3 Å². The van der Waals surface area contributed by atoms with Gasteiger partial charge in [0, 0.05) is 6.42 Å². The van der Waals surface area contributed by atoms with Crippen LogP contribution in [0.15, 0.2) is 0 Å². The number of hydrogen-bond acceptors (Lipinski definition) is 7. The van der Waals surface area contributed by atoms with Crippen LogP contribution >= 0.6 is 0 Å². The van der Waals surface area contributed by atoms with E-state index in [2.05, 4.69) is 0 Å². The molecule has 7 N–H and O–H groups in total. The van der Waals surface area contributed by atoms with Gasteiger partial charge in [-0.15, -0.1) is 0 Å². The number of aldehydes is 1. The van der Waals surface area contributed by atoms with E-state index >= 15 is 0 Å². The minimum absolute atomic E-state index is 0.137. The van der Waals surface area contributed by atoms with Gasteiger partial charge in [-0.3, -0.25) is 4.79 Å². The van der Waals surface area contributed by atoms with E-state index in [9.17, 15) is 9.59 Å². The molecule has 8 heteroatoms. The average molecular weight is 239 g/mol. The first-order valence-corrected chi connectivity index (χ1v) is 4.40. The van der Waals surface area contributed by atoms with E-state index in [0.29, 0.717) is 6.29 Å². The fourth-order valence-corrected chi connectivity index (χ4v) is 0.455. The van der Waals surface area contributed by atoms with Crippen LogP contribution in [0.4, 0.5) is 0 Å². The second-order valence-electron chi connectivity index (χ2n) is 2.85. The highest BCUT2D eigenvalue weighted by Crippen LogP contribution is 1.94. The van der Waals surface area contributed by atoms with E-state index in [-0.39, 0.29) is 6.42 Å². The number of aliphatic hydroxyl groups is 4. The minimum Gasteiger partial charge on any atom is -0.480 e. The number of aliphatic hydroxyl groups excluding tert-OH is 4. The van der Waals surface area contributed by atoms with Crippen molar-refractivity contribution in [3.05, 3.63) is 0 Å². The molecule has 0 aromatic carbocycles. The Morgan fingerprint density at radius 3 is 1.88 bits per heavy atom. The fraction of sp³-hybridized carbons (Fsp3) is 0.750. The zero-order valence-corrected chi connectivity index (χ0v) is 8.56. The molecule has 0 radical (unpaired) electrons. The number of hydrogen-bond donors (Lipinski definition) is 6. The molecule has 0 unspecified atom stereocenters. The van der Waals surface area contributed by atoms with Gasteiger partial charge < -0.3 is 36.1 Å². The monoisotopic (exact) mass is 239 g/mol. The predicted octanol–water partition coefficient (Wildman–Crippen LogP) is -3.32. The molecule has 0 aliphatic rings. The smallest absolute Gasteiger partial charge is 0.322 e. The summed E-state index contributed by atoms with van der Waals surface area (Å²) in [4.78, 5) is 19.3. The maximum atomic E-state index is 9.68. The van der Waals surface area contributed by atoms with Crippen molar-refractivity contribution in [3.8, 4) is 0 Å². The summed E-state index contributed by atoms with van der Waals surface area (Å²) >= 11 is 0. The summed E-state index contributed by atoms with van der Waals surface area (Å²) < 4.78 is 0. The molecule has 0 bridgehead atoms. The molecule has 0 fully saturated rings.